The van der Waals surface area contributed by atoms with Crippen molar-refractivity contribution in [1.29, 1.82) is 0 Å². The van der Waals surface area contributed by atoms with E-state index in [0.717, 1.165) is 28.6 Å². The predicted molar refractivity (Wildman–Crippen MR) is 123 cm³/mol. The van der Waals surface area contributed by atoms with E-state index in [9.17, 15) is 18.4 Å². The maximum atomic E-state index is 13.7. The van der Waals surface area contributed by atoms with Gasteiger partial charge < -0.3 is 15.0 Å². The number of H-pyrrole nitrogens is 1. The third-order valence-electron chi connectivity index (χ3n) is 5.18. The highest BCUT2D eigenvalue weighted by atomic mass is 19.1. The number of benzene rings is 2. The molecule has 2 N–H and O–H groups in total. The van der Waals surface area contributed by atoms with Gasteiger partial charge in [0.05, 0.1) is 11.9 Å². The summed E-state index contributed by atoms with van der Waals surface area (Å²) in [5.41, 5.74) is 1.04. The predicted octanol–water partition coefficient (Wildman–Crippen LogP) is 3.11. The monoisotopic (exact) mass is 468 g/mol. The van der Waals surface area contributed by atoms with Crippen molar-refractivity contribution < 1.29 is 18.3 Å². The van der Waals surface area contributed by atoms with Crippen LogP contribution in [0.1, 0.15) is 11.3 Å². The summed E-state index contributed by atoms with van der Waals surface area (Å²) in [4.78, 5) is 26.9. The van der Waals surface area contributed by atoms with Crippen LogP contribution in [-0.4, -0.2) is 46.6 Å². The topological polar surface area (TPSA) is 105 Å². The molecule has 4 rings (SSSR count). The Morgan fingerprint density at radius 2 is 1.88 bits per heavy atom. The minimum atomic E-state index is -0.755. The van der Waals surface area contributed by atoms with Crippen LogP contribution >= 0.6 is 0 Å². The zero-order chi connectivity index (χ0) is 24.4. The molecular weight excluding hydrogens is 446 g/mol. The summed E-state index contributed by atoms with van der Waals surface area (Å²) in [6, 6.07) is 9.71. The Hall–Kier alpha value is -4.12. The lowest BCUT2D eigenvalue weighted by Crippen LogP contribution is -2.30. The van der Waals surface area contributed by atoms with E-state index >= 15 is 0 Å². The van der Waals surface area contributed by atoms with Crippen molar-refractivity contribution in [1.82, 2.24) is 20.0 Å². The van der Waals surface area contributed by atoms with Crippen molar-refractivity contribution in [2.24, 2.45) is 0 Å². The second-order valence-electron chi connectivity index (χ2n) is 7.77. The van der Waals surface area contributed by atoms with E-state index in [4.69, 9.17) is 4.74 Å². The number of aromatic amines is 1. The van der Waals surface area contributed by atoms with Crippen LogP contribution in [0.3, 0.4) is 0 Å². The normalized spacial score (nSPS) is 11.1. The fourth-order valence-corrected chi connectivity index (χ4v) is 3.53. The van der Waals surface area contributed by atoms with Crippen LogP contribution in [0.25, 0.3) is 10.8 Å². The zero-order valence-electron chi connectivity index (χ0n) is 18.7. The molecule has 0 fully saturated rings. The molecule has 176 valence electrons. The van der Waals surface area contributed by atoms with E-state index in [1.807, 2.05) is 6.92 Å². The van der Waals surface area contributed by atoms with Gasteiger partial charge in [-0.05, 0) is 42.8 Å². The van der Waals surface area contributed by atoms with E-state index < -0.39 is 17.2 Å². The highest BCUT2D eigenvalue weighted by Gasteiger charge is 2.17. The van der Waals surface area contributed by atoms with Crippen molar-refractivity contribution >= 4 is 34.0 Å². The number of aryl methyl sites for hydroxylation is 1. The molecule has 11 heteroatoms. The number of nitrogens with one attached hydrogen (secondary N) is 2. The number of rotatable bonds is 7. The summed E-state index contributed by atoms with van der Waals surface area (Å²) in [7, 11) is 2.99. The number of aromatic nitrogens is 4. The Labute approximate surface area is 193 Å². The van der Waals surface area contributed by atoms with E-state index in [0.29, 0.717) is 22.7 Å². The third kappa shape index (κ3) is 4.79. The average Bonchev–Trinajstić information content (AvgIpc) is 3.20. The SMILES string of the molecule is COCC(=O)N(C)c1ccc2c(Nc3cc(C)[nH]n3)nn(Cc3cc(F)cc(F)c3)c(=O)c2c1. The van der Waals surface area contributed by atoms with Gasteiger partial charge in [-0.2, -0.15) is 10.2 Å². The lowest BCUT2D eigenvalue weighted by molar-refractivity contribution is -0.121. The van der Waals surface area contributed by atoms with Gasteiger partial charge in [-0.3, -0.25) is 14.7 Å². The van der Waals surface area contributed by atoms with Gasteiger partial charge in [0, 0.05) is 43.1 Å². The molecule has 0 radical (unpaired) electrons. The Morgan fingerprint density at radius 3 is 2.53 bits per heavy atom. The standard InChI is InChI=1S/C23H22F2N6O3/c1-13-6-20(28-27-13)26-22-18-5-4-17(30(2)21(32)12-34-3)10-19(18)23(33)31(29-22)11-14-7-15(24)9-16(25)8-14/h4-10H,11-12H2,1-3H3,(H2,26,27,28,29). The number of amides is 1. The molecule has 0 unspecified atom stereocenters. The van der Waals surface area contributed by atoms with Gasteiger partial charge in [0.1, 0.15) is 18.2 Å². The molecule has 0 spiro atoms. The van der Waals surface area contributed by atoms with Crippen LogP contribution in [-0.2, 0) is 16.1 Å². The number of halogens is 2. The minimum absolute atomic E-state index is 0.119. The summed E-state index contributed by atoms with van der Waals surface area (Å²) in [6.07, 6.45) is 0. The molecule has 34 heavy (non-hydrogen) atoms. The van der Waals surface area contributed by atoms with Gasteiger partial charge in [-0.25, -0.2) is 13.5 Å². The Kier molecular flexibility index (Phi) is 6.37. The van der Waals surface area contributed by atoms with Gasteiger partial charge in [0.25, 0.3) is 11.5 Å². The van der Waals surface area contributed by atoms with Gasteiger partial charge in [0.2, 0.25) is 0 Å². The maximum absolute atomic E-state index is 13.7. The number of methoxy groups -OCH3 is 1. The van der Waals surface area contributed by atoms with E-state index in [-0.39, 0.29) is 30.0 Å². The molecular formula is C23H22F2N6O3. The molecule has 2 heterocycles. The number of likely N-dealkylation sites (N-methyl/N-ethyl adjacent to an activating group) is 1. The molecule has 0 aliphatic rings. The number of ether oxygens (including phenoxy) is 1. The highest BCUT2D eigenvalue weighted by molar-refractivity contribution is 5.99. The molecule has 0 saturated heterocycles. The van der Waals surface area contributed by atoms with E-state index in [2.05, 4.69) is 20.6 Å². The van der Waals surface area contributed by atoms with E-state index in [1.165, 1.54) is 12.0 Å². The van der Waals surface area contributed by atoms with Gasteiger partial charge in [-0.1, -0.05) is 0 Å². The van der Waals surface area contributed by atoms with Crippen molar-refractivity contribution in [3.05, 3.63) is 75.7 Å². The first-order chi connectivity index (χ1) is 16.2. The lowest BCUT2D eigenvalue weighted by Gasteiger charge is -2.18. The van der Waals surface area contributed by atoms with Crippen LogP contribution in [0.15, 0.2) is 47.3 Å². The van der Waals surface area contributed by atoms with Crippen LogP contribution < -0.4 is 15.8 Å². The number of fused-ring (bicyclic) bond motifs is 1. The molecule has 0 aliphatic carbocycles. The van der Waals surface area contributed by atoms with Crippen molar-refractivity contribution in [2.75, 3.05) is 31.0 Å². The molecule has 0 atom stereocenters. The summed E-state index contributed by atoms with van der Waals surface area (Å²) >= 11 is 0. The Bertz CT molecular complexity index is 1410. The molecule has 0 aliphatic heterocycles. The molecule has 2 aromatic carbocycles. The number of anilines is 3. The summed E-state index contributed by atoms with van der Waals surface area (Å²) in [5, 5.41) is 15.2. The number of carbonyl (C=O) groups excluding carboxylic acids is 1. The number of carbonyl (C=O) groups is 1. The van der Waals surface area contributed by atoms with Gasteiger partial charge in [0.15, 0.2) is 11.6 Å². The number of hydrogen-bond acceptors (Lipinski definition) is 6. The highest BCUT2D eigenvalue weighted by Crippen LogP contribution is 2.26. The second kappa shape index (κ2) is 9.40. The first kappa shape index (κ1) is 23.1. The first-order valence-electron chi connectivity index (χ1n) is 10.3. The van der Waals surface area contributed by atoms with E-state index in [1.54, 1.807) is 31.3 Å². The maximum Gasteiger partial charge on any atom is 0.275 e. The van der Waals surface area contributed by atoms with Crippen LogP contribution in [0.2, 0.25) is 0 Å². The quantitative estimate of drug-likeness (QED) is 0.432. The smallest absolute Gasteiger partial charge is 0.275 e. The van der Waals surface area contributed by atoms with Crippen LogP contribution in [0.5, 0.6) is 0 Å². The van der Waals surface area contributed by atoms with Crippen LogP contribution in [0, 0.1) is 18.6 Å². The summed E-state index contributed by atoms with van der Waals surface area (Å²) in [5.74, 6) is -1.01. The average molecular weight is 468 g/mol. The molecule has 0 bridgehead atoms. The van der Waals surface area contributed by atoms with Crippen molar-refractivity contribution in [3.8, 4) is 0 Å². The largest absolute Gasteiger partial charge is 0.375 e. The molecule has 4 aromatic rings. The van der Waals surface area contributed by atoms with Gasteiger partial charge >= 0.3 is 0 Å². The van der Waals surface area contributed by atoms with Crippen molar-refractivity contribution in [3.63, 3.8) is 0 Å². The molecule has 1 amide bonds. The zero-order valence-corrected chi connectivity index (χ0v) is 18.7. The Morgan fingerprint density at radius 1 is 1.15 bits per heavy atom. The Balaban J connectivity index is 1.85. The summed E-state index contributed by atoms with van der Waals surface area (Å²) in [6.45, 7) is 1.55. The molecule has 9 nitrogen and oxygen atoms in total. The number of hydrogen-bond donors (Lipinski definition) is 2. The fraction of sp³-hybridized carbons (Fsp3) is 0.217. The molecule has 0 saturated carbocycles. The van der Waals surface area contributed by atoms with Crippen molar-refractivity contribution in [2.45, 2.75) is 13.5 Å². The molecule has 2 aromatic heterocycles. The summed E-state index contributed by atoms with van der Waals surface area (Å²) < 4.78 is 33.4. The first-order valence-corrected chi connectivity index (χ1v) is 10.3. The van der Waals surface area contributed by atoms with Crippen LogP contribution in [0.4, 0.5) is 26.1 Å². The van der Waals surface area contributed by atoms with Gasteiger partial charge in [-0.15, -0.1) is 0 Å². The fourth-order valence-electron chi connectivity index (χ4n) is 3.53. The lowest BCUT2D eigenvalue weighted by atomic mass is 10.1. The minimum Gasteiger partial charge on any atom is -0.375 e. The third-order valence-corrected chi connectivity index (χ3v) is 5.18. The second-order valence-corrected chi connectivity index (χ2v) is 7.77. The number of nitrogens with zero attached hydrogens (tertiary/aromatic N) is 4.